The lowest BCUT2D eigenvalue weighted by molar-refractivity contribution is -0.119. The number of anilines is 1. The number of aromatic nitrogens is 1. The fourth-order valence-corrected chi connectivity index (χ4v) is 5.50. The Labute approximate surface area is 195 Å². The molecule has 1 aliphatic rings. The van der Waals surface area contributed by atoms with Crippen molar-refractivity contribution in [1.82, 2.24) is 4.98 Å². The van der Waals surface area contributed by atoms with Crippen LogP contribution in [0.25, 0.3) is 10.2 Å². The largest absolute Gasteiger partial charge is 0.494 e. The molecular weight excluding hydrogens is 447 g/mol. The normalized spacial score (nSPS) is 15.9. The number of thiazole rings is 1. The summed E-state index contributed by atoms with van der Waals surface area (Å²) in [5, 5.41) is 0.709. The van der Waals surface area contributed by atoms with Gasteiger partial charge >= 0.3 is 0 Å². The third-order valence-corrected chi connectivity index (χ3v) is 7.36. The first-order chi connectivity index (χ1) is 15.6. The second-order valence-electron chi connectivity index (χ2n) is 7.60. The zero-order valence-corrected chi connectivity index (χ0v) is 19.7. The Morgan fingerprint density at radius 1 is 1.31 bits per heavy atom. The summed E-state index contributed by atoms with van der Waals surface area (Å²) in [5.41, 5.74) is 0.866. The van der Waals surface area contributed by atoms with E-state index in [1.165, 1.54) is 23.5 Å². The van der Waals surface area contributed by atoms with E-state index >= 15 is 0 Å². The van der Waals surface area contributed by atoms with Crippen LogP contribution in [0.1, 0.15) is 32.6 Å². The zero-order chi connectivity index (χ0) is 22.3. The SMILES string of the molecule is CCOc1ccc2nc(N(CC3CCCO3)C(=O)CCCSc3ccc(F)cc3)sc2c1. The summed E-state index contributed by atoms with van der Waals surface area (Å²) in [4.78, 5) is 20.7. The highest BCUT2D eigenvalue weighted by Gasteiger charge is 2.26. The van der Waals surface area contributed by atoms with E-state index in [9.17, 15) is 9.18 Å². The van der Waals surface area contributed by atoms with Crippen LogP contribution in [0.5, 0.6) is 5.75 Å². The molecule has 1 fully saturated rings. The number of halogens is 1. The van der Waals surface area contributed by atoms with Crippen molar-refractivity contribution in [2.24, 2.45) is 0 Å². The minimum atomic E-state index is -0.237. The summed E-state index contributed by atoms with van der Waals surface area (Å²) in [6.07, 6.45) is 3.21. The summed E-state index contributed by atoms with van der Waals surface area (Å²) in [5.74, 6) is 1.43. The maximum absolute atomic E-state index is 13.2. The van der Waals surface area contributed by atoms with Crippen LogP contribution in [-0.4, -0.2) is 42.5 Å². The Balaban J connectivity index is 1.42. The average molecular weight is 475 g/mol. The number of ether oxygens (including phenoxy) is 2. The third-order valence-electron chi connectivity index (χ3n) is 5.22. The molecule has 1 aliphatic heterocycles. The first-order valence-electron chi connectivity index (χ1n) is 11.0. The van der Waals surface area contributed by atoms with Gasteiger partial charge in [-0.25, -0.2) is 9.37 Å². The monoisotopic (exact) mass is 474 g/mol. The van der Waals surface area contributed by atoms with Gasteiger partial charge in [0.05, 0.1) is 29.5 Å². The predicted molar refractivity (Wildman–Crippen MR) is 128 cm³/mol. The predicted octanol–water partition coefficient (Wildman–Crippen LogP) is 5.92. The van der Waals surface area contributed by atoms with E-state index in [0.717, 1.165) is 52.5 Å². The molecule has 8 heteroatoms. The number of fused-ring (bicyclic) bond motifs is 1. The molecule has 32 heavy (non-hydrogen) atoms. The standard InChI is InChI=1S/C24H27FN2O3S2/c1-2-29-18-9-12-21-22(15-18)32-24(26-21)27(16-19-5-3-13-30-19)23(28)6-4-14-31-20-10-7-17(25)8-11-20/h7-12,15,19H,2-6,13-14,16H2,1H3. The highest BCUT2D eigenvalue weighted by molar-refractivity contribution is 7.99. The molecule has 1 unspecified atom stereocenters. The first-order valence-corrected chi connectivity index (χ1v) is 12.8. The minimum Gasteiger partial charge on any atom is -0.494 e. The number of benzene rings is 2. The molecule has 0 bridgehead atoms. The maximum atomic E-state index is 13.2. The molecule has 0 spiro atoms. The van der Waals surface area contributed by atoms with Gasteiger partial charge in [-0.2, -0.15) is 0 Å². The second kappa shape index (κ2) is 11.1. The van der Waals surface area contributed by atoms with E-state index in [0.29, 0.717) is 24.7 Å². The number of nitrogens with zero attached hydrogens (tertiary/aromatic N) is 2. The summed E-state index contributed by atoms with van der Waals surface area (Å²) in [7, 11) is 0. The van der Waals surface area contributed by atoms with E-state index in [1.54, 1.807) is 28.8 Å². The van der Waals surface area contributed by atoms with Crippen LogP contribution < -0.4 is 9.64 Å². The molecule has 2 heterocycles. The average Bonchev–Trinajstić information content (AvgIpc) is 3.45. The van der Waals surface area contributed by atoms with Crippen molar-refractivity contribution in [2.75, 3.05) is 30.4 Å². The maximum Gasteiger partial charge on any atom is 0.228 e. The van der Waals surface area contributed by atoms with Crippen molar-refractivity contribution in [2.45, 2.75) is 43.6 Å². The molecule has 1 atom stereocenters. The van der Waals surface area contributed by atoms with Crippen LogP contribution in [0.3, 0.4) is 0 Å². The van der Waals surface area contributed by atoms with Gasteiger partial charge in [0, 0.05) is 17.9 Å². The Hall–Kier alpha value is -2.16. The highest BCUT2D eigenvalue weighted by Crippen LogP contribution is 2.33. The number of amides is 1. The van der Waals surface area contributed by atoms with Crippen LogP contribution in [0, 0.1) is 5.82 Å². The number of thioether (sulfide) groups is 1. The number of hydrogen-bond acceptors (Lipinski definition) is 6. The molecule has 5 nitrogen and oxygen atoms in total. The quantitative estimate of drug-likeness (QED) is 0.270. The molecular formula is C24H27FN2O3S2. The Morgan fingerprint density at radius 2 is 2.16 bits per heavy atom. The van der Waals surface area contributed by atoms with Crippen LogP contribution >= 0.6 is 23.1 Å². The number of carbonyl (C=O) groups is 1. The summed E-state index contributed by atoms with van der Waals surface area (Å²) in [6.45, 7) is 3.84. The van der Waals surface area contributed by atoms with Gasteiger partial charge in [-0.15, -0.1) is 11.8 Å². The van der Waals surface area contributed by atoms with Crippen LogP contribution in [-0.2, 0) is 9.53 Å². The Bertz CT molecular complexity index is 1040. The van der Waals surface area contributed by atoms with Gasteiger partial charge < -0.3 is 9.47 Å². The van der Waals surface area contributed by atoms with Crippen LogP contribution in [0.2, 0.25) is 0 Å². The van der Waals surface area contributed by atoms with Crippen molar-refractivity contribution < 1.29 is 18.7 Å². The smallest absolute Gasteiger partial charge is 0.228 e. The summed E-state index contributed by atoms with van der Waals surface area (Å²) >= 11 is 3.14. The number of hydrogen-bond donors (Lipinski definition) is 0. The molecule has 4 rings (SSSR count). The highest BCUT2D eigenvalue weighted by atomic mass is 32.2. The molecule has 0 aliphatic carbocycles. The van der Waals surface area contributed by atoms with E-state index in [1.807, 2.05) is 25.1 Å². The van der Waals surface area contributed by atoms with Gasteiger partial charge in [0.25, 0.3) is 0 Å². The molecule has 1 aromatic heterocycles. The lowest BCUT2D eigenvalue weighted by atomic mass is 10.2. The topological polar surface area (TPSA) is 51.7 Å². The lowest BCUT2D eigenvalue weighted by Gasteiger charge is -2.23. The molecule has 3 aromatic rings. The van der Waals surface area contributed by atoms with Gasteiger partial charge in [0.2, 0.25) is 5.91 Å². The fraction of sp³-hybridized carbons (Fsp3) is 0.417. The van der Waals surface area contributed by atoms with Gasteiger partial charge in [0.1, 0.15) is 11.6 Å². The van der Waals surface area contributed by atoms with Crippen LogP contribution in [0.15, 0.2) is 47.4 Å². The van der Waals surface area contributed by atoms with Crippen molar-refractivity contribution >= 4 is 44.4 Å². The molecule has 0 saturated carbocycles. The Kier molecular flexibility index (Phi) is 8.00. The fourth-order valence-electron chi connectivity index (χ4n) is 3.62. The van der Waals surface area contributed by atoms with Gasteiger partial charge in [-0.05, 0) is 74.4 Å². The van der Waals surface area contributed by atoms with Gasteiger partial charge in [-0.1, -0.05) is 11.3 Å². The molecule has 170 valence electrons. The Morgan fingerprint density at radius 3 is 2.91 bits per heavy atom. The molecule has 0 radical (unpaired) electrons. The molecule has 2 aromatic carbocycles. The summed E-state index contributed by atoms with van der Waals surface area (Å²) in [6, 6.07) is 12.3. The second-order valence-corrected chi connectivity index (χ2v) is 9.78. The number of rotatable bonds is 10. The van der Waals surface area contributed by atoms with Crippen molar-refractivity contribution in [3.8, 4) is 5.75 Å². The van der Waals surface area contributed by atoms with E-state index in [4.69, 9.17) is 14.5 Å². The van der Waals surface area contributed by atoms with Crippen molar-refractivity contribution in [3.63, 3.8) is 0 Å². The minimum absolute atomic E-state index is 0.0542. The van der Waals surface area contributed by atoms with Crippen molar-refractivity contribution in [1.29, 1.82) is 0 Å². The third kappa shape index (κ3) is 5.99. The number of carbonyl (C=O) groups excluding carboxylic acids is 1. The van der Waals surface area contributed by atoms with Crippen LogP contribution in [0.4, 0.5) is 9.52 Å². The zero-order valence-electron chi connectivity index (χ0n) is 18.1. The van der Waals surface area contributed by atoms with E-state index < -0.39 is 0 Å². The summed E-state index contributed by atoms with van der Waals surface area (Å²) < 4.78 is 25.5. The lowest BCUT2D eigenvalue weighted by Crippen LogP contribution is -2.37. The first kappa shape index (κ1) is 23.0. The molecule has 0 N–H and O–H groups in total. The molecule has 1 amide bonds. The van der Waals surface area contributed by atoms with E-state index in [2.05, 4.69) is 0 Å². The van der Waals surface area contributed by atoms with Gasteiger partial charge in [0.15, 0.2) is 5.13 Å². The van der Waals surface area contributed by atoms with E-state index in [-0.39, 0.29) is 17.8 Å². The molecule has 1 saturated heterocycles. The van der Waals surface area contributed by atoms with Crippen molar-refractivity contribution in [3.05, 3.63) is 48.3 Å². The van der Waals surface area contributed by atoms with Gasteiger partial charge in [-0.3, -0.25) is 9.69 Å².